The molecule has 3 aromatic rings. The number of hydrogen-bond donors (Lipinski definition) is 2. The molecule has 1 aliphatic rings. The minimum absolute atomic E-state index is 0.0508. The van der Waals surface area contributed by atoms with E-state index in [0.29, 0.717) is 25.1 Å². The van der Waals surface area contributed by atoms with Gasteiger partial charge in [0.15, 0.2) is 0 Å². The van der Waals surface area contributed by atoms with Gasteiger partial charge in [0.25, 0.3) is 5.91 Å². The summed E-state index contributed by atoms with van der Waals surface area (Å²) < 4.78 is 22.7. The predicted octanol–water partition coefficient (Wildman–Crippen LogP) is 3.00. The molecule has 1 aliphatic heterocycles. The number of nitrogens with one attached hydrogen (secondary N) is 1. The van der Waals surface area contributed by atoms with Gasteiger partial charge in [0.05, 0.1) is 16.6 Å². The first kappa shape index (κ1) is 21.7. The number of para-hydroxylation sites is 1. The molecule has 3 N–H and O–H groups in total. The fourth-order valence-corrected chi connectivity index (χ4v) is 4.18. The number of benzene rings is 3. The number of carbonyl (C=O) groups is 1. The Kier molecular flexibility index (Phi) is 6.34. The van der Waals surface area contributed by atoms with E-state index in [1.165, 1.54) is 12.1 Å². The molecule has 0 aliphatic carbocycles. The van der Waals surface area contributed by atoms with Crippen molar-refractivity contribution >= 4 is 27.3 Å². The van der Waals surface area contributed by atoms with Crippen molar-refractivity contribution in [2.75, 3.05) is 11.6 Å². The van der Waals surface area contributed by atoms with Crippen molar-refractivity contribution in [2.45, 2.75) is 23.8 Å². The molecule has 0 radical (unpaired) electrons. The Morgan fingerprint density at radius 2 is 1.59 bits per heavy atom. The van der Waals surface area contributed by atoms with Gasteiger partial charge >= 0.3 is 0 Å². The Morgan fingerprint density at radius 3 is 2.22 bits per heavy atom. The number of nitrogens with zero attached hydrogens (tertiary/aromatic N) is 2. The van der Waals surface area contributed by atoms with E-state index >= 15 is 0 Å². The number of rotatable bonds is 7. The van der Waals surface area contributed by atoms with Gasteiger partial charge in [-0.25, -0.2) is 13.6 Å². The van der Waals surface area contributed by atoms with Gasteiger partial charge in [-0.2, -0.15) is 5.10 Å². The lowest BCUT2D eigenvalue weighted by atomic mass is 10.0. The van der Waals surface area contributed by atoms with E-state index in [4.69, 9.17) is 5.14 Å². The second-order valence-corrected chi connectivity index (χ2v) is 9.11. The maximum Gasteiger partial charge on any atom is 0.267 e. The summed E-state index contributed by atoms with van der Waals surface area (Å²) in [6.45, 7) is 0.411. The van der Waals surface area contributed by atoms with Gasteiger partial charge in [0, 0.05) is 13.0 Å². The highest BCUT2D eigenvalue weighted by Crippen LogP contribution is 2.34. The summed E-state index contributed by atoms with van der Waals surface area (Å²) in [6, 6.07) is 26.1. The molecule has 0 aromatic heterocycles. The molecule has 1 amide bonds. The number of carbonyl (C=O) groups excluding carboxylic acids is 1. The molecule has 0 saturated carbocycles. The molecular weight excluding hydrogens is 424 g/mol. The van der Waals surface area contributed by atoms with Crippen LogP contribution in [0.3, 0.4) is 0 Å². The molecule has 0 fully saturated rings. The molecule has 0 saturated heterocycles. The van der Waals surface area contributed by atoms with E-state index < -0.39 is 10.0 Å². The normalized spacial score (nSPS) is 16.0. The molecule has 1 atom stereocenters. The van der Waals surface area contributed by atoms with Crippen molar-refractivity contribution < 1.29 is 13.2 Å². The Hall–Kier alpha value is -3.49. The molecule has 32 heavy (non-hydrogen) atoms. The number of primary sulfonamides is 1. The van der Waals surface area contributed by atoms with Gasteiger partial charge in [-0.15, -0.1) is 0 Å². The Bertz CT molecular complexity index is 1210. The summed E-state index contributed by atoms with van der Waals surface area (Å²) in [7, 11) is -3.71. The fourth-order valence-electron chi connectivity index (χ4n) is 3.67. The minimum Gasteiger partial charge on any atom is -0.351 e. The van der Waals surface area contributed by atoms with Crippen LogP contribution >= 0.6 is 0 Å². The first-order valence-electron chi connectivity index (χ1n) is 10.3. The van der Waals surface area contributed by atoms with Crippen LogP contribution in [0.1, 0.15) is 23.6 Å². The van der Waals surface area contributed by atoms with Crippen LogP contribution in [0.5, 0.6) is 0 Å². The van der Waals surface area contributed by atoms with Crippen molar-refractivity contribution in [3.8, 4) is 0 Å². The van der Waals surface area contributed by atoms with Gasteiger partial charge in [-0.05, 0) is 41.8 Å². The summed E-state index contributed by atoms with van der Waals surface area (Å²) >= 11 is 0. The lowest BCUT2D eigenvalue weighted by Crippen LogP contribution is -2.32. The van der Waals surface area contributed by atoms with Crippen molar-refractivity contribution in [1.29, 1.82) is 0 Å². The van der Waals surface area contributed by atoms with E-state index in [1.54, 1.807) is 12.1 Å². The van der Waals surface area contributed by atoms with Crippen LogP contribution in [-0.4, -0.2) is 26.6 Å². The number of sulfonamides is 1. The minimum atomic E-state index is -3.71. The third-order valence-electron chi connectivity index (χ3n) is 5.33. The molecule has 164 valence electrons. The number of hydrogen-bond acceptors (Lipinski definition) is 5. The SMILES string of the molecule is NS(=O)(=O)c1ccc(CCNC(=O)C2=NN(c3ccccc3)C(c3ccccc3)C2)cc1. The van der Waals surface area contributed by atoms with Crippen LogP contribution in [0, 0.1) is 0 Å². The third-order valence-corrected chi connectivity index (χ3v) is 6.26. The zero-order valence-electron chi connectivity index (χ0n) is 17.4. The molecule has 4 rings (SSSR count). The summed E-state index contributed by atoms with van der Waals surface area (Å²) in [5, 5.41) is 14.6. The molecule has 7 nitrogen and oxygen atoms in total. The second-order valence-electron chi connectivity index (χ2n) is 7.55. The standard InChI is InChI=1S/C24H24N4O3S/c25-32(30,31)21-13-11-18(12-14-21)15-16-26-24(29)22-17-23(19-7-3-1-4-8-19)28(27-22)20-9-5-2-6-10-20/h1-14,23H,15-17H2,(H,26,29)(H2,25,30,31). The first-order chi connectivity index (χ1) is 15.4. The molecule has 1 unspecified atom stereocenters. The van der Waals surface area contributed by atoms with Crippen LogP contribution in [0.25, 0.3) is 0 Å². The van der Waals surface area contributed by atoms with Gasteiger partial charge in [-0.1, -0.05) is 60.7 Å². The van der Waals surface area contributed by atoms with Crippen molar-refractivity contribution in [1.82, 2.24) is 5.32 Å². The highest BCUT2D eigenvalue weighted by molar-refractivity contribution is 7.89. The molecular formula is C24H24N4O3S. The highest BCUT2D eigenvalue weighted by Gasteiger charge is 2.32. The lowest BCUT2D eigenvalue weighted by Gasteiger charge is -2.23. The smallest absolute Gasteiger partial charge is 0.267 e. The van der Waals surface area contributed by atoms with Gasteiger partial charge in [-0.3, -0.25) is 9.80 Å². The van der Waals surface area contributed by atoms with Crippen molar-refractivity contribution in [2.24, 2.45) is 10.2 Å². The highest BCUT2D eigenvalue weighted by atomic mass is 32.2. The maximum atomic E-state index is 12.8. The van der Waals surface area contributed by atoms with Crippen LogP contribution in [0.4, 0.5) is 5.69 Å². The van der Waals surface area contributed by atoms with Crippen LogP contribution < -0.4 is 15.5 Å². The van der Waals surface area contributed by atoms with Gasteiger partial charge < -0.3 is 5.32 Å². The summed E-state index contributed by atoms with van der Waals surface area (Å²) in [5.41, 5.74) is 3.41. The van der Waals surface area contributed by atoms with E-state index in [1.807, 2.05) is 65.7 Å². The van der Waals surface area contributed by atoms with E-state index in [2.05, 4.69) is 10.4 Å². The Morgan fingerprint density at radius 1 is 0.969 bits per heavy atom. The third kappa shape index (κ3) is 5.04. The van der Waals surface area contributed by atoms with Crippen molar-refractivity contribution in [3.05, 3.63) is 96.1 Å². The zero-order valence-corrected chi connectivity index (χ0v) is 18.2. The summed E-state index contributed by atoms with van der Waals surface area (Å²) in [6.07, 6.45) is 1.07. The molecule has 0 bridgehead atoms. The van der Waals surface area contributed by atoms with Gasteiger partial charge in [0.1, 0.15) is 5.71 Å². The van der Waals surface area contributed by atoms with Crippen LogP contribution in [-0.2, 0) is 21.2 Å². The fraction of sp³-hybridized carbons (Fsp3) is 0.167. The van der Waals surface area contributed by atoms with Crippen molar-refractivity contribution in [3.63, 3.8) is 0 Å². The maximum absolute atomic E-state index is 12.8. The zero-order chi connectivity index (χ0) is 22.6. The van der Waals surface area contributed by atoms with Crippen LogP contribution in [0.2, 0.25) is 0 Å². The monoisotopic (exact) mass is 448 g/mol. The van der Waals surface area contributed by atoms with E-state index in [-0.39, 0.29) is 16.8 Å². The molecule has 3 aromatic carbocycles. The largest absolute Gasteiger partial charge is 0.351 e. The summed E-state index contributed by atoms with van der Waals surface area (Å²) in [4.78, 5) is 12.9. The number of anilines is 1. The predicted molar refractivity (Wildman–Crippen MR) is 125 cm³/mol. The Balaban J connectivity index is 1.42. The van der Waals surface area contributed by atoms with Gasteiger partial charge in [0.2, 0.25) is 10.0 Å². The first-order valence-corrected chi connectivity index (χ1v) is 11.8. The van der Waals surface area contributed by atoms with Crippen LogP contribution in [0.15, 0.2) is 94.9 Å². The lowest BCUT2D eigenvalue weighted by molar-refractivity contribution is -0.114. The van der Waals surface area contributed by atoms with E-state index in [0.717, 1.165) is 16.8 Å². The molecule has 0 spiro atoms. The quantitative estimate of drug-likeness (QED) is 0.580. The Labute approximate surface area is 187 Å². The molecule has 8 heteroatoms. The topological polar surface area (TPSA) is 105 Å². The average molecular weight is 449 g/mol. The van der Waals surface area contributed by atoms with E-state index in [9.17, 15) is 13.2 Å². The second kappa shape index (κ2) is 9.33. The number of hydrazone groups is 1. The molecule has 1 heterocycles. The number of nitrogens with two attached hydrogens (primary N) is 1. The summed E-state index contributed by atoms with van der Waals surface area (Å²) in [5.74, 6) is -0.203. The number of amides is 1. The average Bonchev–Trinajstić information content (AvgIpc) is 3.26.